The molecular formula is C6H7NO2. The van der Waals surface area contributed by atoms with Gasteiger partial charge in [-0.25, -0.2) is 0 Å². The van der Waals surface area contributed by atoms with Gasteiger partial charge in [0.1, 0.15) is 5.76 Å². The molecule has 0 spiro atoms. The predicted molar refractivity (Wildman–Crippen MR) is 31.2 cm³/mol. The summed E-state index contributed by atoms with van der Waals surface area (Å²) in [6, 6.07) is 0. The molecule has 2 aliphatic rings. The van der Waals surface area contributed by atoms with Gasteiger partial charge in [-0.1, -0.05) is 0 Å². The van der Waals surface area contributed by atoms with Crippen molar-refractivity contribution in [2.24, 2.45) is 0 Å². The van der Waals surface area contributed by atoms with Crippen LogP contribution in [0.2, 0.25) is 0 Å². The molecule has 1 unspecified atom stereocenters. The van der Waals surface area contributed by atoms with E-state index in [1.54, 1.807) is 0 Å². The molecule has 0 aromatic rings. The fourth-order valence-corrected chi connectivity index (χ4v) is 0.880. The van der Waals surface area contributed by atoms with Crippen LogP contribution in [-0.4, -0.2) is 13.0 Å². The van der Waals surface area contributed by atoms with Crippen molar-refractivity contribution in [2.75, 3.05) is 6.79 Å². The molecule has 1 atom stereocenters. The minimum absolute atomic E-state index is 0.0324. The van der Waals surface area contributed by atoms with Gasteiger partial charge in [-0.05, 0) is 18.4 Å². The maximum absolute atomic E-state index is 5.10. The van der Waals surface area contributed by atoms with Gasteiger partial charge in [0, 0.05) is 0 Å². The van der Waals surface area contributed by atoms with Crippen LogP contribution in [0.4, 0.5) is 0 Å². The van der Waals surface area contributed by atoms with Gasteiger partial charge in [-0.15, -0.1) is 0 Å². The lowest BCUT2D eigenvalue weighted by molar-refractivity contribution is 0.0434. The molecule has 3 nitrogen and oxygen atoms in total. The first-order chi connectivity index (χ1) is 4.47. The van der Waals surface area contributed by atoms with Gasteiger partial charge in [0.25, 0.3) is 0 Å². The van der Waals surface area contributed by atoms with Crippen molar-refractivity contribution in [3.05, 3.63) is 24.1 Å². The molecule has 0 aromatic heterocycles. The van der Waals surface area contributed by atoms with Crippen LogP contribution in [0.25, 0.3) is 0 Å². The Morgan fingerprint density at radius 3 is 3.56 bits per heavy atom. The molecule has 3 heteroatoms. The van der Waals surface area contributed by atoms with E-state index < -0.39 is 0 Å². The topological polar surface area (TPSA) is 30.5 Å². The Labute approximate surface area is 53.0 Å². The first-order valence-corrected chi connectivity index (χ1v) is 2.84. The number of hydrogen-bond acceptors (Lipinski definition) is 3. The van der Waals surface area contributed by atoms with Gasteiger partial charge < -0.3 is 14.8 Å². The summed E-state index contributed by atoms with van der Waals surface area (Å²) in [5, 5.41) is 2.98. The lowest BCUT2D eigenvalue weighted by Gasteiger charge is -2.10. The molecule has 0 aliphatic carbocycles. The zero-order valence-corrected chi connectivity index (χ0v) is 4.83. The Morgan fingerprint density at radius 2 is 2.67 bits per heavy atom. The monoisotopic (exact) mass is 125 g/mol. The van der Waals surface area contributed by atoms with E-state index >= 15 is 0 Å². The average molecular weight is 125 g/mol. The second kappa shape index (κ2) is 1.77. The number of fused-ring (bicyclic) bond motifs is 1. The molecule has 1 N–H and O–H groups in total. The molecule has 1 fully saturated rings. The van der Waals surface area contributed by atoms with Gasteiger partial charge >= 0.3 is 0 Å². The number of nitrogens with one attached hydrogen (secondary N) is 1. The first kappa shape index (κ1) is 4.88. The molecule has 2 heterocycles. The summed E-state index contributed by atoms with van der Waals surface area (Å²) in [5.74, 6) is 0.873. The standard InChI is InChI=1S/C6H7NO2/c1-2-5-6(7-3-1)9-4-8-5/h1-3,6-7H,4H2. The zero-order valence-electron chi connectivity index (χ0n) is 4.83. The highest BCUT2D eigenvalue weighted by molar-refractivity contribution is 5.16. The summed E-state index contributed by atoms with van der Waals surface area (Å²) in [6.07, 6.45) is 5.59. The van der Waals surface area contributed by atoms with E-state index in [0.29, 0.717) is 6.79 Å². The van der Waals surface area contributed by atoms with E-state index in [0.717, 1.165) is 5.76 Å². The average Bonchev–Trinajstić information content (AvgIpc) is 2.33. The molecule has 48 valence electrons. The number of allylic oxidation sites excluding steroid dienone is 2. The van der Waals surface area contributed by atoms with Crippen molar-refractivity contribution >= 4 is 0 Å². The summed E-state index contributed by atoms with van der Waals surface area (Å²) < 4.78 is 10.2. The third-order valence-electron chi connectivity index (χ3n) is 1.32. The molecule has 2 rings (SSSR count). The minimum atomic E-state index is -0.0324. The lowest BCUT2D eigenvalue weighted by Crippen LogP contribution is -2.26. The quantitative estimate of drug-likeness (QED) is 0.505. The largest absolute Gasteiger partial charge is 0.467 e. The van der Waals surface area contributed by atoms with Crippen molar-refractivity contribution in [1.82, 2.24) is 5.32 Å². The van der Waals surface area contributed by atoms with Crippen molar-refractivity contribution in [1.29, 1.82) is 0 Å². The number of ether oxygens (including phenoxy) is 2. The van der Waals surface area contributed by atoms with Gasteiger partial charge in [0.2, 0.25) is 0 Å². The van der Waals surface area contributed by atoms with E-state index in [1.165, 1.54) is 0 Å². The highest BCUT2D eigenvalue weighted by atomic mass is 16.7. The van der Waals surface area contributed by atoms with Gasteiger partial charge in [0.05, 0.1) is 0 Å². The van der Waals surface area contributed by atoms with Crippen LogP contribution in [-0.2, 0) is 9.47 Å². The van der Waals surface area contributed by atoms with Crippen LogP contribution in [0, 0.1) is 0 Å². The molecule has 0 radical (unpaired) electrons. The van der Waals surface area contributed by atoms with Crippen LogP contribution >= 0.6 is 0 Å². The Kier molecular flexibility index (Phi) is 0.960. The molecule has 9 heavy (non-hydrogen) atoms. The molecule has 0 bridgehead atoms. The van der Waals surface area contributed by atoms with E-state index in [4.69, 9.17) is 9.47 Å². The molecular weight excluding hydrogens is 118 g/mol. The van der Waals surface area contributed by atoms with E-state index in [9.17, 15) is 0 Å². The van der Waals surface area contributed by atoms with Crippen molar-refractivity contribution < 1.29 is 9.47 Å². The van der Waals surface area contributed by atoms with Gasteiger partial charge in [-0.2, -0.15) is 0 Å². The van der Waals surface area contributed by atoms with Crippen LogP contribution in [0.1, 0.15) is 0 Å². The summed E-state index contributed by atoms with van der Waals surface area (Å²) in [6.45, 7) is 0.366. The number of dihydropyridines is 1. The van der Waals surface area contributed by atoms with Crippen molar-refractivity contribution in [2.45, 2.75) is 6.23 Å². The number of hydrogen-bond donors (Lipinski definition) is 1. The van der Waals surface area contributed by atoms with Crippen LogP contribution in [0.15, 0.2) is 24.1 Å². The second-order valence-corrected chi connectivity index (χ2v) is 1.90. The number of rotatable bonds is 0. The zero-order chi connectivity index (χ0) is 6.10. The van der Waals surface area contributed by atoms with E-state index in [1.807, 2.05) is 18.4 Å². The smallest absolute Gasteiger partial charge is 0.191 e. The Bertz CT molecular complexity index is 174. The molecule has 0 amide bonds. The summed E-state index contributed by atoms with van der Waals surface area (Å²) in [7, 11) is 0. The molecule has 0 aromatic carbocycles. The Hall–Kier alpha value is -0.960. The van der Waals surface area contributed by atoms with Gasteiger partial charge in [0.15, 0.2) is 13.0 Å². The van der Waals surface area contributed by atoms with Crippen LogP contribution in [0.3, 0.4) is 0 Å². The predicted octanol–water partition coefficient (Wildman–Crippen LogP) is 0.318. The Morgan fingerprint density at radius 1 is 1.67 bits per heavy atom. The van der Waals surface area contributed by atoms with Crippen LogP contribution in [0.5, 0.6) is 0 Å². The molecule has 1 saturated heterocycles. The normalized spacial score (nSPS) is 30.2. The molecule has 2 aliphatic heterocycles. The highest BCUT2D eigenvalue weighted by Gasteiger charge is 2.22. The van der Waals surface area contributed by atoms with Gasteiger partial charge in [-0.3, -0.25) is 0 Å². The minimum Gasteiger partial charge on any atom is -0.467 e. The maximum atomic E-state index is 5.10. The SMILES string of the molecule is C1=CNC2OCOC2=C1. The Balaban J connectivity index is 2.23. The van der Waals surface area contributed by atoms with E-state index in [2.05, 4.69) is 5.32 Å². The lowest BCUT2D eigenvalue weighted by atomic mass is 10.3. The second-order valence-electron chi connectivity index (χ2n) is 1.90. The third-order valence-corrected chi connectivity index (χ3v) is 1.32. The van der Waals surface area contributed by atoms with Crippen LogP contribution < -0.4 is 5.32 Å². The van der Waals surface area contributed by atoms with Crippen molar-refractivity contribution in [3.8, 4) is 0 Å². The van der Waals surface area contributed by atoms with Crippen molar-refractivity contribution in [3.63, 3.8) is 0 Å². The highest BCUT2D eigenvalue weighted by Crippen LogP contribution is 2.16. The fraction of sp³-hybridized carbons (Fsp3) is 0.333. The first-order valence-electron chi connectivity index (χ1n) is 2.84. The maximum Gasteiger partial charge on any atom is 0.191 e. The molecule has 0 saturated carbocycles. The summed E-state index contributed by atoms with van der Waals surface area (Å²) >= 11 is 0. The fourth-order valence-electron chi connectivity index (χ4n) is 0.880. The third kappa shape index (κ3) is 0.695. The van der Waals surface area contributed by atoms with E-state index in [-0.39, 0.29) is 6.23 Å². The summed E-state index contributed by atoms with van der Waals surface area (Å²) in [5.41, 5.74) is 0. The summed E-state index contributed by atoms with van der Waals surface area (Å²) in [4.78, 5) is 0.